The fraction of sp³-hybridized carbons (Fsp3) is 0.300. The number of imidazole rings is 1. The molecular formula is C20H21N8O7P. The van der Waals surface area contributed by atoms with Crippen molar-refractivity contribution in [3.05, 3.63) is 42.1 Å². The summed E-state index contributed by atoms with van der Waals surface area (Å²) in [5.74, 6) is 0.481. The van der Waals surface area contributed by atoms with Crippen LogP contribution < -0.4 is 15.5 Å². The van der Waals surface area contributed by atoms with Crippen molar-refractivity contribution in [2.45, 2.75) is 25.3 Å². The second-order valence-corrected chi connectivity index (χ2v) is 9.48. The summed E-state index contributed by atoms with van der Waals surface area (Å²) in [7, 11) is -4.87. The smallest absolute Gasteiger partial charge is 0.364 e. The fourth-order valence-corrected chi connectivity index (χ4v) is 4.11. The van der Waals surface area contributed by atoms with Gasteiger partial charge in [-0.25, -0.2) is 29.2 Å². The standard InChI is InChI=1S/C20H21N8O7P/c29-10-24-17-4-16(22-9-23-17)21-5-14-7-26-6-13(12-1-2-12)3-15(19(26)25-14)27-8-18(30)28(20(27)31)11-35-36(32,33)34/h3-4,6-7,9-10,12H,1-2,5,8,11H2,(H2,32,33,34)(H2,21,22,23,24,29). The van der Waals surface area contributed by atoms with Crippen molar-refractivity contribution in [1.29, 1.82) is 0 Å². The zero-order valence-electron chi connectivity index (χ0n) is 18.6. The summed E-state index contributed by atoms with van der Waals surface area (Å²) >= 11 is 0. The van der Waals surface area contributed by atoms with Crippen molar-refractivity contribution in [3.8, 4) is 0 Å². The molecule has 3 aromatic heterocycles. The third-order valence-electron chi connectivity index (χ3n) is 5.68. The normalized spacial score (nSPS) is 16.2. The van der Waals surface area contributed by atoms with Gasteiger partial charge in [-0.15, -0.1) is 0 Å². The minimum atomic E-state index is -4.87. The van der Waals surface area contributed by atoms with E-state index in [2.05, 4.69) is 30.1 Å². The molecule has 1 aliphatic heterocycles. The van der Waals surface area contributed by atoms with Crippen LogP contribution in [-0.4, -0.2) is 65.7 Å². The molecule has 1 aliphatic carbocycles. The molecule has 0 atom stereocenters. The highest BCUT2D eigenvalue weighted by atomic mass is 31.2. The average Bonchev–Trinajstić information content (AvgIpc) is 3.53. The van der Waals surface area contributed by atoms with Gasteiger partial charge in [-0.3, -0.25) is 19.0 Å². The number of nitrogens with one attached hydrogen (secondary N) is 2. The summed E-state index contributed by atoms with van der Waals surface area (Å²) < 4.78 is 17.2. The Kier molecular flexibility index (Phi) is 6.14. The zero-order valence-corrected chi connectivity index (χ0v) is 19.5. The predicted molar refractivity (Wildman–Crippen MR) is 124 cm³/mol. The number of urea groups is 1. The number of pyridine rings is 1. The first-order valence-corrected chi connectivity index (χ1v) is 12.3. The fourth-order valence-electron chi connectivity index (χ4n) is 3.84. The third-order valence-corrected chi connectivity index (χ3v) is 6.13. The largest absolute Gasteiger partial charge is 0.471 e. The van der Waals surface area contributed by atoms with Gasteiger partial charge in [0.05, 0.1) is 17.9 Å². The number of hydrogen-bond donors (Lipinski definition) is 4. The average molecular weight is 516 g/mol. The Bertz CT molecular complexity index is 1400. The van der Waals surface area contributed by atoms with Gasteiger partial charge in [0.2, 0.25) is 6.41 Å². The maximum Gasteiger partial charge on any atom is 0.471 e. The topological polar surface area (TPSA) is 192 Å². The summed E-state index contributed by atoms with van der Waals surface area (Å²) in [6, 6.07) is 2.61. The molecule has 4 N–H and O–H groups in total. The van der Waals surface area contributed by atoms with Crippen LogP contribution in [0.25, 0.3) is 5.65 Å². The first-order valence-electron chi connectivity index (χ1n) is 10.8. The van der Waals surface area contributed by atoms with Crippen LogP contribution >= 0.6 is 7.82 Å². The number of hydrogen-bond acceptors (Lipinski definition) is 9. The number of carbonyl (C=O) groups excluding carboxylic acids is 3. The van der Waals surface area contributed by atoms with Crippen molar-refractivity contribution < 1.29 is 33.3 Å². The molecule has 2 aliphatic rings. The highest BCUT2D eigenvalue weighted by Crippen LogP contribution is 2.42. The molecule has 16 heteroatoms. The van der Waals surface area contributed by atoms with Crippen LogP contribution in [0, 0.1) is 0 Å². The van der Waals surface area contributed by atoms with Crippen molar-refractivity contribution in [2.24, 2.45) is 0 Å². The molecule has 3 aromatic rings. The Morgan fingerprint density at radius 2 is 1.94 bits per heavy atom. The zero-order chi connectivity index (χ0) is 25.4. The summed E-state index contributed by atoms with van der Waals surface area (Å²) in [5.41, 5.74) is 2.44. The molecule has 36 heavy (non-hydrogen) atoms. The SMILES string of the molecule is O=CNc1cc(NCc2cn3cc(C4CC4)cc(N4CC(=O)N(COP(=O)(O)O)C4=O)c3n2)ncn1. The van der Waals surface area contributed by atoms with Crippen LogP contribution in [0.1, 0.15) is 30.0 Å². The van der Waals surface area contributed by atoms with E-state index >= 15 is 0 Å². The van der Waals surface area contributed by atoms with E-state index in [1.54, 1.807) is 16.7 Å². The van der Waals surface area contributed by atoms with E-state index in [-0.39, 0.29) is 13.1 Å². The Hall–Kier alpha value is -3.91. The van der Waals surface area contributed by atoms with Crippen molar-refractivity contribution in [1.82, 2.24) is 24.3 Å². The second kappa shape index (κ2) is 9.28. The molecule has 0 radical (unpaired) electrons. The molecule has 15 nitrogen and oxygen atoms in total. The first kappa shape index (κ1) is 23.8. The van der Waals surface area contributed by atoms with E-state index in [1.807, 2.05) is 12.3 Å². The molecule has 188 valence electrons. The van der Waals surface area contributed by atoms with Crippen molar-refractivity contribution in [3.63, 3.8) is 0 Å². The molecule has 1 saturated heterocycles. The van der Waals surface area contributed by atoms with Crippen LogP contribution in [0.3, 0.4) is 0 Å². The molecule has 5 rings (SSSR count). The molecule has 2 fully saturated rings. The number of phosphoric acid groups is 1. The molecule has 4 amide bonds. The molecule has 0 unspecified atom stereocenters. The van der Waals surface area contributed by atoms with Crippen LogP contribution in [0.4, 0.5) is 22.1 Å². The van der Waals surface area contributed by atoms with Gasteiger partial charge in [0.1, 0.15) is 31.2 Å². The minimum Gasteiger partial charge on any atom is -0.364 e. The van der Waals surface area contributed by atoms with Gasteiger partial charge >= 0.3 is 13.9 Å². The van der Waals surface area contributed by atoms with E-state index < -0.39 is 26.5 Å². The van der Waals surface area contributed by atoms with Gasteiger partial charge in [-0.1, -0.05) is 0 Å². The van der Waals surface area contributed by atoms with Gasteiger partial charge < -0.3 is 24.8 Å². The molecule has 0 aromatic carbocycles. The third kappa shape index (κ3) is 5.04. The molecule has 4 heterocycles. The van der Waals surface area contributed by atoms with Gasteiger partial charge in [0.25, 0.3) is 5.91 Å². The monoisotopic (exact) mass is 516 g/mol. The number of rotatable bonds is 10. The molecule has 1 saturated carbocycles. The lowest BCUT2D eigenvalue weighted by Crippen LogP contribution is -2.34. The van der Waals surface area contributed by atoms with Gasteiger partial charge in [0.15, 0.2) is 5.65 Å². The summed E-state index contributed by atoms with van der Waals surface area (Å²) in [6.07, 6.45) is 7.55. The van der Waals surface area contributed by atoms with Crippen molar-refractivity contribution >= 4 is 49.1 Å². The highest BCUT2D eigenvalue weighted by Gasteiger charge is 2.40. The lowest BCUT2D eigenvalue weighted by atomic mass is 10.1. The molecular weight excluding hydrogens is 495 g/mol. The van der Waals surface area contributed by atoms with E-state index in [1.165, 1.54) is 11.2 Å². The lowest BCUT2D eigenvalue weighted by Gasteiger charge is -2.18. The number of phosphoric ester groups is 1. The number of amides is 4. The van der Waals surface area contributed by atoms with Crippen LogP contribution in [0.2, 0.25) is 0 Å². The van der Waals surface area contributed by atoms with Gasteiger partial charge in [0, 0.05) is 18.5 Å². The van der Waals surface area contributed by atoms with Gasteiger partial charge in [-0.2, -0.15) is 0 Å². The van der Waals surface area contributed by atoms with Gasteiger partial charge in [-0.05, 0) is 30.4 Å². The Labute approximate surface area is 203 Å². The Morgan fingerprint density at radius 3 is 2.67 bits per heavy atom. The number of carbonyl (C=O) groups is 3. The summed E-state index contributed by atoms with van der Waals surface area (Å²) in [4.78, 5) is 68.4. The Balaban J connectivity index is 1.42. The van der Waals surface area contributed by atoms with E-state index in [0.29, 0.717) is 45.9 Å². The predicted octanol–water partition coefficient (Wildman–Crippen LogP) is 1.02. The molecule has 0 bridgehead atoms. The van der Waals surface area contributed by atoms with E-state index in [0.717, 1.165) is 18.4 Å². The highest BCUT2D eigenvalue weighted by molar-refractivity contribution is 7.46. The van der Waals surface area contributed by atoms with Crippen LogP contribution in [0.5, 0.6) is 0 Å². The maximum absolute atomic E-state index is 13.0. The number of fused-ring (bicyclic) bond motifs is 1. The number of nitrogens with zero attached hydrogens (tertiary/aromatic N) is 6. The summed E-state index contributed by atoms with van der Waals surface area (Å²) in [5, 5.41) is 5.54. The quantitative estimate of drug-likeness (QED) is 0.171. The molecule has 0 spiro atoms. The first-order chi connectivity index (χ1) is 17.2. The lowest BCUT2D eigenvalue weighted by molar-refractivity contribution is -0.127. The Morgan fingerprint density at radius 1 is 1.17 bits per heavy atom. The minimum absolute atomic E-state index is 0.270. The maximum atomic E-state index is 13.0. The number of anilines is 3. The van der Waals surface area contributed by atoms with Crippen LogP contribution in [0.15, 0.2) is 30.9 Å². The van der Waals surface area contributed by atoms with Crippen molar-refractivity contribution in [2.75, 3.05) is 28.8 Å². The number of imide groups is 1. The number of aromatic nitrogens is 4. The second-order valence-electron chi connectivity index (χ2n) is 8.24. The van der Waals surface area contributed by atoms with Crippen LogP contribution in [-0.2, 0) is 25.2 Å². The summed E-state index contributed by atoms with van der Waals surface area (Å²) in [6.45, 7) is -0.909. The van der Waals surface area contributed by atoms with E-state index in [9.17, 15) is 18.9 Å². The van der Waals surface area contributed by atoms with E-state index in [4.69, 9.17) is 9.79 Å².